The van der Waals surface area contributed by atoms with Crippen LogP contribution in [0.25, 0.3) is 0 Å². The van der Waals surface area contributed by atoms with Crippen LogP contribution in [0.2, 0.25) is 5.02 Å². The Morgan fingerprint density at radius 2 is 2.00 bits per heavy atom. The van der Waals surface area contributed by atoms with E-state index in [0.717, 1.165) is 12.8 Å². The second-order valence-electron chi connectivity index (χ2n) is 5.51. The van der Waals surface area contributed by atoms with Gasteiger partial charge in [0, 0.05) is 24.2 Å². The molecule has 4 nitrogen and oxygen atoms in total. The smallest absolute Gasteiger partial charge is 0.387 e. The van der Waals surface area contributed by atoms with Crippen LogP contribution in [0.15, 0.2) is 18.2 Å². The van der Waals surface area contributed by atoms with Crippen molar-refractivity contribution < 1.29 is 18.3 Å². The van der Waals surface area contributed by atoms with Gasteiger partial charge in [-0.25, -0.2) is 0 Å². The van der Waals surface area contributed by atoms with Crippen LogP contribution in [-0.4, -0.2) is 36.5 Å². The van der Waals surface area contributed by atoms with Crippen molar-refractivity contribution in [2.45, 2.75) is 32.4 Å². The predicted octanol–water partition coefficient (Wildman–Crippen LogP) is 3.56. The van der Waals surface area contributed by atoms with Gasteiger partial charge in [-0.1, -0.05) is 11.6 Å². The normalized spacial score (nSPS) is 16.9. The number of amides is 1. The molecule has 23 heavy (non-hydrogen) atoms. The Hall–Kier alpha value is -1.11. The maximum atomic E-state index is 12.5. The van der Waals surface area contributed by atoms with Crippen molar-refractivity contribution in [2.24, 2.45) is 11.7 Å². The van der Waals surface area contributed by atoms with Crippen LogP contribution < -0.4 is 10.5 Å². The van der Waals surface area contributed by atoms with Crippen LogP contribution in [0.4, 0.5) is 8.78 Å². The number of rotatable bonds is 4. The molecule has 1 amide bonds. The molecule has 130 valence electrons. The van der Waals surface area contributed by atoms with E-state index in [1.54, 1.807) is 4.90 Å². The van der Waals surface area contributed by atoms with E-state index >= 15 is 0 Å². The quantitative estimate of drug-likeness (QED) is 0.883. The highest BCUT2D eigenvalue weighted by Gasteiger charge is 2.27. The molecule has 0 spiro atoms. The summed E-state index contributed by atoms with van der Waals surface area (Å²) in [7, 11) is 0. The van der Waals surface area contributed by atoms with Gasteiger partial charge in [-0.15, -0.1) is 12.4 Å². The fourth-order valence-corrected chi connectivity index (χ4v) is 2.84. The summed E-state index contributed by atoms with van der Waals surface area (Å²) in [4.78, 5) is 14.2. The van der Waals surface area contributed by atoms with E-state index in [1.807, 2.05) is 6.92 Å². The summed E-state index contributed by atoms with van der Waals surface area (Å²) < 4.78 is 29.3. The molecule has 0 bridgehead atoms. The Bertz CT molecular complexity index is 536. The molecule has 0 radical (unpaired) electrons. The van der Waals surface area contributed by atoms with Gasteiger partial charge in [0.1, 0.15) is 5.75 Å². The molecule has 1 atom stereocenters. The third-order valence-corrected chi connectivity index (χ3v) is 4.19. The van der Waals surface area contributed by atoms with E-state index in [1.165, 1.54) is 18.2 Å². The number of benzene rings is 1. The number of piperidine rings is 1. The molecule has 1 unspecified atom stereocenters. The molecule has 2 N–H and O–H groups in total. The van der Waals surface area contributed by atoms with Crippen molar-refractivity contribution in [3.63, 3.8) is 0 Å². The highest BCUT2D eigenvalue weighted by molar-refractivity contribution is 6.31. The number of alkyl halides is 2. The second kappa shape index (κ2) is 8.66. The Morgan fingerprint density at radius 1 is 1.39 bits per heavy atom. The third-order valence-electron chi connectivity index (χ3n) is 3.96. The number of nitrogens with two attached hydrogens (primary N) is 1. The molecule has 2 rings (SSSR count). The van der Waals surface area contributed by atoms with Crippen molar-refractivity contribution in [3.05, 3.63) is 28.8 Å². The molecule has 1 aliphatic rings. The first-order valence-corrected chi connectivity index (χ1v) is 7.55. The van der Waals surface area contributed by atoms with Crippen LogP contribution in [-0.2, 0) is 0 Å². The maximum absolute atomic E-state index is 12.5. The standard InChI is InChI=1S/C15H19ClF2N2O2.ClH/c1-9(19)10-4-6-20(7-5-10)14(21)12-8-11(16)2-3-13(12)22-15(17)18;/h2-3,8-10,15H,4-7,19H2,1H3;1H. The molecule has 0 saturated carbocycles. The van der Waals surface area contributed by atoms with Crippen molar-refractivity contribution in [1.29, 1.82) is 0 Å². The fraction of sp³-hybridized carbons (Fsp3) is 0.533. The Morgan fingerprint density at radius 3 is 2.52 bits per heavy atom. The van der Waals surface area contributed by atoms with Gasteiger partial charge in [0.2, 0.25) is 0 Å². The summed E-state index contributed by atoms with van der Waals surface area (Å²) in [6.45, 7) is 0.0574. The van der Waals surface area contributed by atoms with Crippen molar-refractivity contribution in [1.82, 2.24) is 4.90 Å². The van der Waals surface area contributed by atoms with E-state index in [2.05, 4.69) is 4.74 Å². The van der Waals surface area contributed by atoms with Crippen LogP contribution in [0.5, 0.6) is 5.75 Å². The molecule has 1 aliphatic heterocycles. The zero-order valence-electron chi connectivity index (χ0n) is 12.7. The van der Waals surface area contributed by atoms with Gasteiger partial charge in [-0.05, 0) is 43.9 Å². The highest BCUT2D eigenvalue weighted by atomic mass is 35.5. The lowest BCUT2D eigenvalue weighted by atomic mass is 9.90. The summed E-state index contributed by atoms with van der Waals surface area (Å²) in [5.74, 6) is -0.125. The number of likely N-dealkylation sites (tertiary alicyclic amines) is 1. The summed E-state index contributed by atoms with van der Waals surface area (Å²) in [5, 5.41) is 0.301. The van der Waals surface area contributed by atoms with Gasteiger partial charge in [0.15, 0.2) is 0 Å². The number of halogens is 4. The van der Waals surface area contributed by atoms with Crippen molar-refractivity contribution in [2.75, 3.05) is 13.1 Å². The number of carbonyl (C=O) groups excluding carboxylic acids is 1. The minimum Gasteiger partial charge on any atom is -0.434 e. The van der Waals surface area contributed by atoms with Crippen LogP contribution in [0.3, 0.4) is 0 Å². The number of carbonyl (C=O) groups is 1. The average molecular weight is 369 g/mol. The van der Waals surface area contributed by atoms with Crippen molar-refractivity contribution >= 4 is 29.9 Å². The van der Waals surface area contributed by atoms with E-state index < -0.39 is 6.61 Å². The lowest BCUT2D eigenvalue weighted by molar-refractivity contribution is -0.0503. The Balaban J connectivity index is 0.00000264. The molecule has 1 aromatic rings. The van der Waals surface area contributed by atoms with Gasteiger partial charge in [-0.3, -0.25) is 4.79 Å². The first-order chi connectivity index (χ1) is 10.4. The molecule has 0 aromatic heterocycles. The minimum absolute atomic E-state index is 0. The number of hydrogen-bond donors (Lipinski definition) is 1. The lowest BCUT2D eigenvalue weighted by Gasteiger charge is -2.34. The summed E-state index contributed by atoms with van der Waals surface area (Å²) in [5.41, 5.74) is 5.94. The zero-order valence-corrected chi connectivity index (χ0v) is 14.2. The highest BCUT2D eigenvalue weighted by Crippen LogP contribution is 2.28. The Kier molecular flexibility index (Phi) is 7.51. The number of hydrogen-bond acceptors (Lipinski definition) is 3. The van der Waals surface area contributed by atoms with Gasteiger partial charge >= 0.3 is 6.61 Å². The average Bonchev–Trinajstić information content (AvgIpc) is 2.48. The van der Waals surface area contributed by atoms with Crippen LogP contribution >= 0.6 is 24.0 Å². The van der Waals surface area contributed by atoms with E-state index in [9.17, 15) is 13.6 Å². The molecule has 8 heteroatoms. The first-order valence-electron chi connectivity index (χ1n) is 7.17. The molecule has 1 saturated heterocycles. The first kappa shape index (κ1) is 19.9. The van der Waals surface area contributed by atoms with E-state index in [4.69, 9.17) is 17.3 Å². The topological polar surface area (TPSA) is 55.6 Å². The predicted molar refractivity (Wildman–Crippen MR) is 87.6 cm³/mol. The number of ether oxygens (including phenoxy) is 1. The molecule has 0 aliphatic carbocycles. The van der Waals surface area contributed by atoms with Gasteiger partial charge in [0.05, 0.1) is 5.56 Å². The lowest BCUT2D eigenvalue weighted by Crippen LogP contribution is -2.42. The SMILES string of the molecule is CC(N)C1CCN(C(=O)c2cc(Cl)ccc2OC(F)F)CC1.Cl. The molecule has 1 heterocycles. The summed E-state index contributed by atoms with van der Waals surface area (Å²) in [6.07, 6.45) is 1.60. The molecular formula is C15H20Cl2F2N2O2. The van der Waals surface area contributed by atoms with Crippen LogP contribution in [0, 0.1) is 5.92 Å². The Labute approximate surface area is 145 Å². The van der Waals surface area contributed by atoms with Crippen LogP contribution in [0.1, 0.15) is 30.1 Å². The van der Waals surface area contributed by atoms with Gasteiger partial charge < -0.3 is 15.4 Å². The molecular weight excluding hydrogens is 349 g/mol. The van der Waals surface area contributed by atoms with E-state index in [-0.39, 0.29) is 35.7 Å². The minimum atomic E-state index is -2.99. The van der Waals surface area contributed by atoms with Gasteiger partial charge in [0.25, 0.3) is 5.91 Å². The van der Waals surface area contributed by atoms with E-state index in [0.29, 0.717) is 24.0 Å². The molecule has 1 aromatic carbocycles. The molecule has 1 fully saturated rings. The third kappa shape index (κ3) is 5.19. The van der Waals surface area contributed by atoms with Crippen molar-refractivity contribution in [3.8, 4) is 5.75 Å². The second-order valence-corrected chi connectivity index (χ2v) is 5.94. The summed E-state index contributed by atoms with van der Waals surface area (Å²) >= 11 is 5.87. The summed E-state index contributed by atoms with van der Waals surface area (Å²) in [6, 6.07) is 4.15. The van der Waals surface area contributed by atoms with Gasteiger partial charge in [-0.2, -0.15) is 8.78 Å². The largest absolute Gasteiger partial charge is 0.434 e. The fourth-order valence-electron chi connectivity index (χ4n) is 2.67. The zero-order chi connectivity index (χ0) is 16.3. The number of nitrogens with zero attached hydrogens (tertiary/aromatic N) is 1. The maximum Gasteiger partial charge on any atom is 0.387 e. The monoisotopic (exact) mass is 368 g/mol.